The molecule has 0 aliphatic carbocycles. The molecule has 6 nitrogen and oxygen atoms in total. The number of nitrogens with one attached hydrogen (secondary N) is 1. The number of halogens is 1. The van der Waals surface area contributed by atoms with E-state index in [1.165, 1.54) is 6.20 Å². The minimum Gasteiger partial charge on any atom is -0.305 e. The van der Waals surface area contributed by atoms with Crippen LogP contribution in [0.4, 0.5) is 5.82 Å². The van der Waals surface area contributed by atoms with E-state index in [1.807, 2.05) is 41.9 Å². The lowest BCUT2D eigenvalue weighted by molar-refractivity contribution is 0.102. The molecule has 1 aromatic carbocycles. The number of aryl methyl sites for hydroxylation is 2. The van der Waals surface area contributed by atoms with Crippen molar-refractivity contribution in [1.29, 1.82) is 0 Å². The third-order valence-corrected chi connectivity index (χ3v) is 3.65. The zero-order chi connectivity index (χ0) is 16.4. The standard InChI is InChI=1S/C16H16ClN5O/c1-11-6-15(19-16(23)13-8-18-21(2)10-13)20-22(11)9-12-4-3-5-14(17)7-12/h3-8,10H,9H2,1-2H3,(H,19,20,23). The lowest BCUT2D eigenvalue weighted by Crippen LogP contribution is -2.12. The van der Waals surface area contributed by atoms with Crippen LogP contribution in [-0.2, 0) is 13.6 Å². The van der Waals surface area contributed by atoms with Gasteiger partial charge >= 0.3 is 0 Å². The number of anilines is 1. The van der Waals surface area contributed by atoms with Gasteiger partial charge in [0.1, 0.15) is 0 Å². The Bertz CT molecular complexity index is 852. The fourth-order valence-electron chi connectivity index (χ4n) is 2.27. The van der Waals surface area contributed by atoms with Gasteiger partial charge in [0.05, 0.1) is 18.3 Å². The summed E-state index contributed by atoms with van der Waals surface area (Å²) in [5.41, 5.74) is 2.50. The number of hydrogen-bond donors (Lipinski definition) is 1. The first kappa shape index (κ1) is 15.3. The van der Waals surface area contributed by atoms with E-state index in [9.17, 15) is 4.79 Å². The van der Waals surface area contributed by atoms with E-state index in [1.54, 1.807) is 17.9 Å². The Labute approximate surface area is 138 Å². The van der Waals surface area contributed by atoms with Crippen LogP contribution in [0, 0.1) is 6.92 Å². The first-order chi connectivity index (χ1) is 11.0. The molecule has 2 aromatic heterocycles. The average Bonchev–Trinajstić information content (AvgIpc) is 3.06. The van der Waals surface area contributed by atoms with E-state index in [-0.39, 0.29) is 5.91 Å². The van der Waals surface area contributed by atoms with Crippen molar-refractivity contribution in [2.45, 2.75) is 13.5 Å². The van der Waals surface area contributed by atoms with Crippen LogP contribution in [0.5, 0.6) is 0 Å². The highest BCUT2D eigenvalue weighted by molar-refractivity contribution is 6.30. The molecule has 7 heteroatoms. The van der Waals surface area contributed by atoms with Crippen LogP contribution in [0.25, 0.3) is 0 Å². The third kappa shape index (κ3) is 3.60. The maximum absolute atomic E-state index is 12.1. The van der Waals surface area contributed by atoms with Crippen molar-refractivity contribution in [3.05, 3.63) is 64.6 Å². The summed E-state index contributed by atoms with van der Waals surface area (Å²) in [6.07, 6.45) is 3.18. The zero-order valence-corrected chi connectivity index (χ0v) is 13.6. The first-order valence-electron chi connectivity index (χ1n) is 7.10. The predicted molar refractivity (Wildman–Crippen MR) is 88.7 cm³/mol. The molecule has 23 heavy (non-hydrogen) atoms. The highest BCUT2D eigenvalue weighted by atomic mass is 35.5. The summed E-state index contributed by atoms with van der Waals surface area (Å²) in [4.78, 5) is 12.1. The lowest BCUT2D eigenvalue weighted by Gasteiger charge is -2.05. The fourth-order valence-corrected chi connectivity index (χ4v) is 2.48. The van der Waals surface area contributed by atoms with E-state index in [2.05, 4.69) is 15.5 Å². The van der Waals surface area contributed by atoms with Crippen LogP contribution in [0.1, 0.15) is 21.6 Å². The van der Waals surface area contributed by atoms with Gasteiger partial charge in [0, 0.05) is 30.0 Å². The molecule has 3 aromatic rings. The average molecular weight is 330 g/mol. The van der Waals surface area contributed by atoms with Crippen LogP contribution in [0.15, 0.2) is 42.7 Å². The van der Waals surface area contributed by atoms with Crippen LogP contribution in [0.2, 0.25) is 5.02 Å². The minimum absolute atomic E-state index is 0.231. The molecule has 0 saturated carbocycles. The van der Waals surface area contributed by atoms with Gasteiger partial charge in [-0.15, -0.1) is 0 Å². The number of rotatable bonds is 4. The molecule has 0 bridgehead atoms. The molecule has 0 atom stereocenters. The van der Waals surface area contributed by atoms with Gasteiger partial charge in [0.15, 0.2) is 5.82 Å². The normalized spacial score (nSPS) is 10.7. The number of carbonyl (C=O) groups excluding carboxylic acids is 1. The molecule has 118 valence electrons. The Morgan fingerprint density at radius 3 is 2.87 bits per heavy atom. The van der Waals surface area contributed by atoms with E-state index in [0.717, 1.165) is 11.3 Å². The van der Waals surface area contributed by atoms with Gasteiger partial charge in [-0.1, -0.05) is 23.7 Å². The van der Waals surface area contributed by atoms with E-state index >= 15 is 0 Å². The van der Waals surface area contributed by atoms with Gasteiger partial charge in [-0.25, -0.2) is 0 Å². The molecule has 0 saturated heterocycles. The van der Waals surface area contributed by atoms with E-state index in [0.29, 0.717) is 22.9 Å². The Morgan fingerprint density at radius 2 is 2.17 bits per heavy atom. The Hall–Kier alpha value is -2.60. The van der Waals surface area contributed by atoms with Crippen molar-refractivity contribution < 1.29 is 4.79 Å². The van der Waals surface area contributed by atoms with Crippen molar-refractivity contribution in [3.8, 4) is 0 Å². The van der Waals surface area contributed by atoms with Crippen molar-refractivity contribution in [1.82, 2.24) is 19.6 Å². The number of carbonyl (C=O) groups is 1. The maximum atomic E-state index is 12.1. The third-order valence-electron chi connectivity index (χ3n) is 3.41. The fraction of sp³-hybridized carbons (Fsp3) is 0.188. The van der Waals surface area contributed by atoms with Gasteiger partial charge < -0.3 is 5.32 Å². The molecule has 0 aliphatic heterocycles. The van der Waals surface area contributed by atoms with Crippen LogP contribution >= 0.6 is 11.6 Å². The summed E-state index contributed by atoms with van der Waals surface area (Å²) in [7, 11) is 1.76. The monoisotopic (exact) mass is 329 g/mol. The summed E-state index contributed by atoms with van der Waals surface area (Å²) >= 11 is 6.00. The lowest BCUT2D eigenvalue weighted by atomic mass is 10.2. The molecule has 1 N–H and O–H groups in total. The Kier molecular flexibility index (Phi) is 4.16. The minimum atomic E-state index is -0.231. The van der Waals surface area contributed by atoms with Gasteiger partial charge in [-0.05, 0) is 24.6 Å². The van der Waals surface area contributed by atoms with E-state index < -0.39 is 0 Å². The van der Waals surface area contributed by atoms with Crippen LogP contribution in [-0.4, -0.2) is 25.5 Å². The topological polar surface area (TPSA) is 64.7 Å². The number of aromatic nitrogens is 4. The smallest absolute Gasteiger partial charge is 0.260 e. The number of benzene rings is 1. The molecular weight excluding hydrogens is 314 g/mol. The van der Waals surface area contributed by atoms with Crippen molar-refractivity contribution in [3.63, 3.8) is 0 Å². The SMILES string of the molecule is Cc1cc(NC(=O)c2cnn(C)c2)nn1Cc1cccc(Cl)c1. The summed E-state index contributed by atoms with van der Waals surface area (Å²) < 4.78 is 3.41. The molecule has 0 unspecified atom stereocenters. The van der Waals surface area contributed by atoms with Crippen LogP contribution < -0.4 is 5.32 Å². The van der Waals surface area contributed by atoms with Crippen molar-refractivity contribution in [2.24, 2.45) is 7.05 Å². The highest BCUT2D eigenvalue weighted by Gasteiger charge is 2.11. The number of amides is 1. The van der Waals surface area contributed by atoms with Gasteiger partial charge in [0.25, 0.3) is 5.91 Å². The molecule has 3 rings (SSSR count). The van der Waals surface area contributed by atoms with Crippen LogP contribution in [0.3, 0.4) is 0 Å². The molecule has 0 radical (unpaired) electrons. The number of nitrogens with zero attached hydrogens (tertiary/aromatic N) is 4. The second-order valence-corrected chi connectivity index (χ2v) is 5.75. The summed E-state index contributed by atoms with van der Waals surface area (Å²) in [5, 5.41) is 11.9. The van der Waals surface area contributed by atoms with Crippen molar-refractivity contribution in [2.75, 3.05) is 5.32 Å². The first-order valence-corrected chi connectivity index (χ1v) is 7.48. The van der Waals surface area contributed by atoms with Crippen molar-refractivity contribution >= 4 is 23.3 Å². The zero-order valence-electron chi connectivity index (χ0n) is 12.8. The predicted octanol–water partition coefficient (Wildman–Crippen LogP) is 2.88. The van der Waals surface area contributed by atoms with Gasteiger partial charge in [-0.3, -0.25) is 14.2 Å². The summed E-state index contributed by atoms with van der Waals surface area (Å²) in [6, 6.07) is 9.46. The molecule has 0 fully saturated rings. The second-order valence-electron chi connectivity index (χ2n) is 5.32. The van der Waals surface area contributed by atoms with Gasteiger partial charge in [-0.2, -0.15) is 10.2 Å². The summed E-state index contributed by atoms with van der Waals surface area (Å²) in [5.74, 6) is 0.281. The molecule has 0 aliphatic rings. The quantitative estimate of drug-likeness (QED) is 0.800. The molecule has 2 heterocycles. The molecule has 0 spiro atoms. The maximum Gasteiger partial charge on any atom is 0.260 e. The largest absolute Gasteiger partial charge is 0.305 e. The highest BCUT2D eigenvalue weighted by Crippen LogP contribution is 2.15. The molecular formula is C16H16ClN5O. The molecule has 1 amide bonds. The second kappa shape index (κ2) is 6.26. The Balaban J connectivity index is 1.74. The Morgan fingerprint density at radius 1 is 1.35 bits per heavy atom. The number of hydrogen-bond acceptors (Lipinski definition) is 3. The van der Waals surface area contributed by atoms with Gasteiger partial charge in [0.2, 0.25) is 0 Å². The van der Waals surface area contributed by atoms with E-state index in [4.69, 9.17) is 11.6 Å². The summed E-state index contributed by atoms with van der Waals surface area (Å²) in [6.45, 7) is 2.53.